The smallest absolute Gasteiger partial charge is 0.307 e. The number of amides is 1. The number of carboxylic acids is 1. The molecule has 1 amide bonds. The van der Waals surface area contributed by atoms with E-state index in [1.165, 1.54) is 12.8 Å². The molecule has 0 spiro atoms. The Balaban J connectivity index is 1.77. The lowest BCUT2D eigenvalue weighted by Gasteiger charge is -2.16. The Hall–Kier alpha value is -1.06. The first-order valence-electron chi connectivity index (χ1n) is 6.61. The molecule has 2 aliphatic carbocycles. The van der Waals surface area contributed by atoms with Gasteiger partial charge in [0.1, 0.15) is 0 Å². The quantitative estimate of drug-likeness (QED) is 0.738. The molecule has 0 heterocycles. The number of rotatable bonds is 3. The Bertz CT molecular complexity index is 316. The molecule has 17 heavy (non-hydrogen) atoms. The van der Waals surface area contributed by atoms with Crippen molar-refractivity contribution in [2.24, 2.45) is 17.8 Å². The van der Waals surface area contributed by atoms with Crippen LogP contribution in [0.4, 0.5) is 0 Å². The molecule has 0 aliphatic heterocycles. The molecule has 4 atom stereocenters. The Morgan fingerprint density at radius 1 is 1.12 bits per heavy atom. The van der Waals surface area contributed by atoms with Gasteiger partial charge in [-0.15, -0.1) is 0 Å². The third-order valence-electron chi connectivity index (χ3n) is 4.05. The molecule has 0 radical (unpaired) electrons. The molecule has 4 nitrogen and oxygen atoms in total. The fourth-order valence-corrected chi connectivity index (χ4v) is 2.70. The Labute approximate surface area is 102 Å². The van der Waals surface area contributed by atoms with Gasteiger partial charge >= 0.3 is 5.97 Å². The van der Waals surface area contributed by atoms with E-state index in [0.29, 0.717) is 6.42 Å². The van der Waals surface area contributed by atoms with Crippen LogP contribution >= 0.6 is 0 Å². The van der Waals surface area contributed by atoms with E-state index >= 15 is 0 Å². The maximum Gasteiger partial charge on any atom is 0.307 e. The minimum Gasteiger partial charge on any atom is -0.481 e. The van der Waals surface area contributed by atoms with E-state index in [1.807, 2.05) is 0 Å². The van der Waals surface area contributed by atoms with Crippen LogP contribution in [0.5, 0.6) is 0 Å². The van der Waals surface area contributed by atoms with Crippen molar-refractivity contribution in [2.45, 2.75) is 51.5 Å². The molecule has 0 bridgehead atoms. The van der Waals surface area contributed by atoms with E-state index in [0.717, 1.165) is 25.2 Å². The van der Waals surface area contributed by atoms with E-state index in [2.05, 4.69) is 12.2 Å². The van der Waals surface area contributed by atoms with Crippen molar-refractivity contribution in [1.82, 2.24) is 5.32 Å². The summed E-state index contributed by atoms with van der Waals surface area (Å²) in [5, 5.41) is 11.8. The first-order valence-corrected chi connectivity index (χ1v) is 6.61. The summed E-state index contributed by atoms with van der Waals surface area (Å²) in [4.78, 5) is 22.5. The molecule has 4 heteroatoms. The topological polar surface area (TPSA) is 66.4 Å². The highest BCUT2D eigenvalue weighted by atomic mass is 16.4. The van der Waals surface area contributed by atoms with Crippen LogP contribution in [0.3, 0.4) is 0 Å². The van der Waals surface area contributed by atoms with Gasteiger partial charge in [-0.3, -0.25) is 9.59 Å². The number of carbonyl (C=O) groups is 2. The van der Waals surface area contributed by atoms with Crippen LogP contribution < -0.4 is 5.32 Å². The second-order valence-corrected chi connectivity index (χ2v) is 5.61. The van der Waals surface area contributed by atoms with Gasteiger partial charge in [0, 0.05) is 6.04 Å². The fourth-order valence-electron chi connectivity index (χ4n) is 2.70. The van der Waals surface area contributed by atoms with Gasteiger partial charge in [-0.25, -0.2) is 0 Å². The van der Waals surface area contributed by atoms with E-state index < -0.39 is 11.9 Å². The number of carboxylic acid groups (broad SMARTS) is 1. The van der Waals surface area contributed by atoms with Crippen LogP contribution in [0.2, 0.25) is 0 Å². The lowest BCUT2D eigenvalue weighted by atomic mass is 10.0. The third kappa shape index (κ3) is 3.20. The predicted octanol–water partition coefficient (Wildman–Crippen LogP) is 1.79. The fraction of sp³-hybridized carbons (Fsp3) is 0.846. The zero-order valence-electron chi connectivity index (χ0n) is 10.3. The third-order valence-corrected chi connectivity index (χ3v) is 4.05. The van der Waals surface area contributed by atoms with Crippen LogP contribution in [-0.4, -0.2) is 23.0 Å². The number of aliphatic carboxylic acids is 1. The largest absolute Gasteiger partial charge is 0.481 e. The molecule has 2 saturated carbocycles. The molecule has 4 unspecified atom stereocenters. The van der Waals surface area contributed by atoms with Gasteiger partial charge in [-0.2, -0.15) is 0 Å². The summed E-state index contributed by atoms with van der Waals surface area (Å²) in [7, 11) is 0. The highest BCUT2D eigenvalue weighted by Crippen LogP contribution is 2.39. The number of hydrogen-bond donors (Lipinski definition) is 2. The van der Waals surface area contributed by atoms with Crippen LogP contribution in [0, 0.1) is 17.8 Å². The first-order chi connectivity index (χ1) is 8.08. The number of hydrogen-bond acceptors (Lipinski definition) is 2. The molecule has 96 valence electrons. The standard InChI is InChI=1S/C13H21NO3/c1-8-3-2-4-9(6-5-8)14-12(15)10-7-11(10)13(16)17/h8-11H,2-7H2,1H3,(H,14,15)(H,16,17). The zero-order valence-corrected chi connectivity index (χ0v) is 10.3. The van der Waals surface area contributed by atoms with Gasteiger partial charge in [-0.1, -0.05) is 19.8 Å². The lowest BCUT2D eigenvalue weighted by Crippen LogP contribution is -2.36. The molecule has 2 rings (SSSR count). The summed E-state index contributed by atoms with van der Waals surface area (Å²) in [5.41, 5.74) is 0. The Kier molecular flexibility index (Phi) is 3.69. The Morgan fingerprint density at radius 2 is 1.88 bits per heavy atom. The Morgan fingerprint density at radius 3 is 2.53 bits per heavy atom. The van der Waals surface area contributed by atoms with Crippen molar-refractivity contribution in [2.75, 3.05) is 0 Å². The van der Waals surface area contributed by atoms with E-state index in [9.17, 15) is 9.59 Å². The van der Waals surface area contributed by atoms with Crippen molar-refractivity contribution in [1.29, 1.82) is 0 Å². The van der Waals surface area contributed by atoms with Crippen molar-refractivity contribution in [3.05, 3.63) is 0 Å². The van der Waals surface area contributed by atoms with Crippen LogP contribution in [0.15, 0.2) is 0 Å². The molecule has 0 saturated heterocycles. The maximum absolute atomic E-state index is 11.8. The molecule has 2 fully saturated rings. The van der Waals surface area contributed by atoms with E-state index in [1.54, 1.807) is 0 Å². The lowest BCUT2D eigenvalue weighted by molar-refractivity contribution is -0.140. The van der Waals surface area contributed by atoms with Crippen molar-refractivity contribution in [3.63, 3.8) is 0 Å². The summed E-state index contributed by atoms with van der Waals surface area (Å²) < 4.78 is 0. The molecule has 2 N–H and O–H groups in total. The van der Waals surface area contributed by atoms with Crippen LogP contribution in [0.1, 0.15) is 45.4 Å². The molecular formula is C13H21NO3. The van der Waals surface area contributed by atoms with Crippen LogP contribution in [0.25, 0.3) is 0 Å². The van der Waals surface area contributed by atoms with Gasteiger partial charge in [0.15, 0.2) is 0 Å². The summed E-state index contributed by atoms with van der Waals surface area (Å²) in [6.07, 6.45) is 6.17. The summed E-state index contributed by atoms with van der Waals surface area (Å²) >= 11 is 0. The van der Waals surface area contributed by atoms with Gasteiger partial charge in [0.2, 0.25) is 5.91 Å². The second kappa shape index (κ2) is 5.07. The van der Waals surface area contributed by atoms with Gasteiger partial charge < -0.3 is 10.4 Å². The monoisotopic (exact) mass is 239 g/mol. The molecule has 2 aliphatic rings. The maximum atomic E-state index is 11.8. The number of nitrogens with one attached hydrogen (secondary N) is 1. The van der Waals surface area contributed by atoms with Crippen LogP contribution in [-0.2, 0) is 9.59 Å². The predicted molar refractivity (Wildman–Crippen MR) is 63.4 cm³/mol. The van der Waals surface area contributed by atoms with Crippen molar-refractivity contribution >= 4 is 11.9 Å². The van der Waals surface area contributed by atoms with E-state index in [4.69, 9.17) is 5.11 Å². The molecule has 0 aromatic carbocycles. The average molecular weight is 239 g/mol. The summed E-state index contributed by atoms with van der Waals surface area (Å²) in [6.45, 7) is 2.26. The normalized spacial score (nSPS) is 37.0. The van der Waals surface area contributed by atoms with E-state index in [-0.39, 0.29) is 17.9 Å². The summed E-state index contributed by atoms with van der Waals surface area (Å²) in [6, 6.07) is 0.266. The molecule has 0 aromatic heterocycles. The first kappa shape index (κ1) is 12.4. The van der Waals surface area contributed by atoms with Gasteiger partial charge in [-0.05, 0) is 31.6 Å². The molecule has 0 aromatic rings. The second-order valence-electron chi connectivity index (χ2n) is 5.61. The van der Waals surface area contributed by atoms with Crippen molar-refractivity contribution in [3.8, 4) is 0 Å². The minimum atomic E-state index is -0.834. The number of carbonyl (C=O) groups excluding carboxylic acids is 1. The van der Waals surface area contributed by atoms with Gasteiger partial charge in [0.05, 0.1) is 11.8 Å². The summed E-state index contributed by atoms with van der Waals surface area (Å²) in [5.74, 6) is -0.825. The highest BCUT2D eigenvalue weighted by molar-refractivity contribution is 5.89. The minimum absolute atomic E-state index is 0.0445. The van der Waals surface area contributed by atoms with Gasteiger partial charge in [0.25, 0.3) is 0 Å². The average Bonchev–Trinajstić information content (AvgIpc) is 3.04. The SMILES string of the molecule is CC1CCCC(NC(=O)C2CC2C(=O)O)CC1. The molecular weight excluding hydrogens is 218 g/mol. The highest BCUT2D eigenvalue weighted by Gasteiger charge is 2.48. The zero-order chi connectivity index (χ0) is 12.4. The van der Waals surface area contributed by atoms with Crippen molar-refractivity contribution < 1.29 is 14.7 Å².